The van der Waals surface area contributed by atoms with E-state index in [0.717, 1.165) is 5.56 Å². The number of likely N-dealkylation sites (tertiary alicyclic amines) is 1. The highest BCUT2D eigenvalue weighted by molar-refractivity contribution is 6.04. The maximum Gasteiger partial charge on any atom is 0.322 e. The van der Waals surface area contributed by atoms with Crippen LogP contribution >= 0.6 is 0 Å². The van der Waals surface area contributed by atoms with Gasteiger partial charge in [0.1, 0.15) is 11.0 Å². The molecule has 1 N–H and O–H groups in total. The molecule has 138 valence electrons. The first kappa shape index (κ1) is 19.4. The summed E-state index contributed by atoms with van der Waals surface area (Å²) < 4.78 is 5.56. The second kappa shape index (κ2) is 7.56. The van der Waals surface area contributed by atoms with Crippen LogP contribution in [0.25, 0.3) is 0 Å². The molecule has 1 aliphatic rings. The van der Waals surface area contributed by atoms with E-state index in [1.165, 1.54) is 0 Å². The quantitative estimate of drug-likeness (QED) is 0.634. The van der Waals surface area contributed by atoms with Crippen molar-refractivity contribution in [2.75, 3.05) is 13.2 Å². The lowest BCUT2D eigenvalue weighted by Crippen LogP contribution is -2.44. The molecule has 5 heteroatoms. The number of nitrogens with zero attached hydrogens (tertiary/aromatic N) is 1. The van der Waals surface area contributed by atoms with Crippen LogP contribution in [0.15, 0.2) is 30.3 Å². The van der Waals surface area contributed by atoms with Crippen molar-refractivity contribution in [2.45, 2.75) is 58.6 Å². The summed E-state index contributed by atoms with van der Waals surface area (Å²) in [6.07, 6.45) is 1.14. The van der Waals surface area contributed by atoms with Gasteiger partial charge in [-0.2, -0.15) is 0 Å². The maximum atomic E-state index is 13.2. The highest BCUT2D eigenvalue weighted by Gasteiger charge is 2.54. The number of hydrogen-bond acceptors (Lipinski definition) is 4. The highest BCUT2D eigenvalue weighted by Crippen LogP contribution is 2.42. The van der Waals surface area contributed by atoms with Gasteiger partial charge in [-0.15, -0.1) is 0 Å². The lowest BCUT2D eigenvalue weighted by molar-refractivity contribution is -0.171. The van der Waals surface area contributed by atoms with Crippen molar-refractivity contribution in [2.24, 2.45) is 5.41 Å². The number of carbonyl (C=O) groups is 2. The van der Waals surface area contributed by atoms with Gasteiger partial charge in [0, 0.05) is 13.2 Å². The van der Waals surface area contributed by atoms with Crippen molar-refractivity contribution >= 4 is 11.9 Å². The Morgan fingerprint density at radius 2 is 1.96 bits per heavy atom. The third kappa shape index (κ3) is 4.21. The van der Waals surface area contributed by atoms with Gasteiger partial charge >= 0.3 is 5.97 Å². The Balaban J connectivity index is 2.27. The molecule has 1 aliphatic heterocycles. The molecule has 0 saturated carbocycles. The smallest absolute Gasteiger partial charge is 0.322 e. The SMILES string of the molecule is C[C@H](c1ccccc1)N1CC[C@](CCCO)(C(=O)OC(C)(C)C)C1=O. The van der Waals surface area contributed by atoms with Gasteiger partial charge in [-0.3, -0.25) is 9.59 Å². The molecule has 25 heavy (non-hydrogen) atoms. The second-order valence-corrected chi connectivity index (χ2v) is 7.75. The van der Waals surface area contributed by atoms with Crippen molar-refractivity contribution < 1.29 is 19.4 Å². The van der Waals surface area contributed by atoms with Crippen molar-refractivity contribution in [3.8, 4) is 0 Å². The topological polar surface area (TPSA) is 66.8 Å². The molecular weight excluding hydrogens is 318 g/mol. The minimum Gasteiger partial charge on any atom is -0.459 e. The molecule has 0 bridgehead atoms. The number of esters is 1. The van der Waals surface area contributed by atoms with Gasteiger partial charge < -0.3 is 14.7 Å². The Morgan fingerprint density at radius 3 is 2.52 bits per heavy atom. The van der Waals surface area contributed by atoms with Crippen molar-refractivity contribution in [1.82, 2.24) is 4.90 Å². The van der Waals surface area contributed by atoms with Gasteiger partial charge in [-0.1, -0.05) is 30.3 Å². The van der Waals surface area contributed by atoms with E-state index < -0.39 is 17.0 Å². The lowest BCUT2D eigenvalue weighted by atomic mass is 9.81. The summed E-state index contributed by atoms with van der Waals surface area (Å²) in [7, 11) is 0. The van der Waals surface area contributed by atoms with Crippen molar-refractivity contribution in [3.63, 3.8) is 0 Å². The van der Waals surface area contributed by atoms with Crippen molar-refractivity contribution in [3.05, 3.63) is 35.9 Å². The minimum atomic E-state index is -1.18. The average Bonchev–Trinajstić information content (AvgIpc) is 2.89. The van der Waals surface area contributed by atoms with Crippen LogP contribution in [0.1, 0.15) is 58.6 Å². The number of benzene rings is 1. The Kier molecular flexibility index (Phi) is 5.88. The Bertz CT molecular complexity index is 608. The fraction of sp³-hybridized carbons (Fsp3) is 0.600. The zero-order valence-electron chi connectivity index (χ0n) is 15.6. The molecule has 2 rings (SSSR count). The molecule has 1 heterocycles. The number of hydrogen-bond donors (Lipinski definition) is 1. The summed E-state index contributed by atoms with van der Waals surface area (Å²) in [5, 5.41) is 9.22. The Hall–Kier alpha value is -1.88. The Labute approximate surface area is 150 Å². The fourth-order valence-corrected chi connectivity index (χ4v) is 3.36. The molecular formula is C20H29NO4. The average molecular weight is 347 g/mol. The van der Waals surface area contributed by atoms with Gasteiger partial charge in [-0.05, 0) is 52.5 Å². The number of carbonyl (C=O) groups excluding carboxylic acids is 2. The third-order valence-corrected chi connectivity index (χ3v) is 4.75. The number of amides is 1. The predicted octanol–water partition coefficient (Wildman–Crippen LogP) is 3.08. The molecule has 1 aromatic rings. The Morgan fingerprint density at radius 1 is 1.32 bits per heavy atom. The van der Waals surface area contributed by atoms with Gasteiger partial charge in [0.15, 0.2) is 0 Å². The summed E-state index contributed by atoms with van der Waals surface area (Å²) >= 11 is 0. The standard InChI is InChI=1S/C20H29NO4/c1-15(16-9-6-5-7-10-16)21-13-12-20(17(21)23,11-8-14-22)18(24)25-19(2,3)4/h5-7,9-10,15,22H,8,11-14H2,1-4H3/t15-,20+/m1/s1. The summed E-state index contributed by atoms with van der Waals surface area (Å²) in [6.45, 7) is 7.84. The largest absolute Gasteiger partial charge is 0.459 e. The number of rotatable bonds is 6. The molecule has 0 aliphatic carbocycles. The van der Waals surface area contributed by atoms with Crippen LogP contribution in [0.3, 0.4) is 0 Å². The first-order valence-electron chi connectivity index (χ1n) is 8.91. The molecule has 0 unspecified atom stereocenters. The van der Waals surface area contributed by atoms with Crippen LogP contribution in [-0.2, 0) is 14.3 Å². The normalized spacial score (nSPS) is 22.1. The highest BCUT2D eigenvalue weighted by atomic mass is 16.6. The molecule has 1 fully saturated rings. The lowest BCUT2D eigenvalue weighted by Gasteiger charge is -2.31. The summed E-state index contributed by atoms with van der Waals surface area (Å²) in [5.74, 6) is -0.659. The second-order valence-electron chi connectivity index (χ2n) is 7.75. The third-order valence-electron chi connectivity index (χ3n) is 4.75. The molecule has 0 spiro atoms. The van der Waals surface area contributed by atoms with Crippen LogP contribution in [0.4, 0.5) is 0 Å². The van der Waals surface area contributed by atoms with Crippen LogP contribution in [-0.4, -0.2) is 40.6 Å². The summed E-state index contributed by atoms with van der Waals surface area (Å²) in [5.41, 5.74) is -0.792. The molecule has 2 atom stereocenters. The van der Waals surface area contributed by atoms with E-state index in [1.54, 1.807) is 25.7 Å². The summed E-state index contributed by atoms with van der Waals surface area (Å²) in [4.78, 5) is 27.8. The van der Waals surface area contributed by atoms with E-state index in [-0.39, 0.29) is 18.6 Å². The van der Waals surface area contributed by atoms with Gasteiger partial charge in [0.05, 0.1) is 6.04 Å². The van der Waals surface area contributed by atoms with Gasteiger partial charge in [-0.25, -0.2) is 0 Å². The maximum absolute atomic E-state index is 13.2. The van der Waals surface area contributed by atoms with Crippen LogP contribution in [0, 0.1) is 5.41 Å². The first-order valence-corrected chi connectivity index (χ1v) is 8.91. The van der Waals surface area contributed by atoms with E-state index in [4.69, 9.17) is 4.74 Å². The molecule has 1 amide bonds. The van der Waals surface area contributed by atoms with Gasteiger partial charge in [0.2, 0.25) is 5.91 Å². The minimum absolute atomic E-state index is 0.0495. The van der Waals surface area contributed by atoms with E-state index >= 15 is 0 Å². The monoisotopic (exact) mass is 347 g/mol. The van der Waals surface area contributed by atoms with E-state index in [0.29, 0.717) is 25.8 Å². The van der Waals surface area contributed by atoms with E-state index in [1.807, 2.05) is 37.3 Å². The molecule has 1 aromatic carbocycles. The van der Waals surface area contributed by atoms with Crippen LogP contribution in [0.2, 0.25) is 0 Å². The molecule has 1 saturated heterocycles. The van der Waals surface area contributed by atoms with Crippen LogP contribution < -0.4 is 0 Å². The zero-order valence-corrected chi connectivity index (χ0v) is 15.6. The zero-order chi connectivity index (χ0) is 18.7. The molecule has 0 aromatic heterocycles. The molecule has 0 radical (unpaired) electrons. The predicted molar refractivity (Wildman–Crippen MR) is 95.8 cm³/mol. The number of aliphatic hydroxyl groups is 1. The van der Waals surface area contributed by atoms with Crippen LogP contribution in [0.5, 0.6) is 0 Å². The summed E-state index contributed by atoms with van der Waals surface area (Å²) in [6, 6.07) is 9.69. The van der Waals surface area contributed by atoms with Gasteiger partial charge in [0.25, 0.3) is 0 Å². The molecule has 5 nitrogen and oxygen atoms in total. The number of ether oxygens (including phenoxy) is 1. The van der Waals surface area contributed by atoms with Crippen molar-refractivity contribution in [1.29, 1.82) is 0 Å². The van der Waals surface area contributed by atoms with E-state index in [2.05, 4.69) is 0 Å². The number of aliphatic hydroxyl groups excluding tert-OH is 1. The first-order chi connectivity index (χ1) is 11.7. The fourth-order valence-electron chi connectivity index (χ4n) is 3.36. The van der Waals surface area contributed by atoms with E-state index in [9.17, 15) is 14.7 Å².